The number of carboxylic acids is 1. The molecule has 0 radical (unpaired) electrons. The van der Waals surface area contributed by atoms with Gasteiger partial charge in [0.25, 0.3) is 0 Å². The summed E-state index contributed by atoms with van der Waals surface area (Å²) in [5, 5.41) is 9.48. The summed E-state index contributed by atoms with van der Waals surface area (Å²) in [6.45, 7) is 4.52. The second-order valence-electron chi connectivity index (χ2n) is 9.08. The first-order valence-corrected chi connectivity index (χ1v) is 12.4. The van der Waals surface area contributed by atoms with Crippen LogP contribution in [0.1, 0.15) is 42.5 Å². The zero-order valence-electron chi connectivity index (χ0n) is 20.4. The molecule has 0 saturated carbocycles. The summed E-state index contributed by atoms with van der Waals surface area (Å²) in [4.78, 5) is 13.9. The molecule has 1 N–H and O–H groups in total. The Balaban J connectivity index is 1.46. The summed E-state index contributed by atoms with van der Waals surface area (Å²) in [7, 11) is 0. The molecule has 5 rings (SSSR count). The molecule has 3 aromatic rings. The lowest BCUT2D eigenvalue weighted by Crippen LogP contribution is -2.39. The number of aliphatic carboxylic acids is 1. The summed E-state index contributed by atoms with van der Waals surface area (Å²) in [6, 6.07) is 22.1. The van der Waals surface area contributed by atoms with Gasteiger partial charge in [-0.05, 0) is 73.8 Å². The maximum atomic E-state index is 11.5. The molecule has 7 heteroatoms. The molecule has 2 aliphatic rings. The minimum Gasteiger partial charge on any atom is -0.490 e. The first kappa shape index (κ1) is 24.0. The fourth-order valence-corrected chi connectivity index (χ4v) is 4.92. The van der Waals surface area contributed by atoms with Crippen molar-refractivity contribution in [1.29, 1.82) is 0 Å². The molecule has 2 heterocycles. The second-order valence-corrected chi connectivity index (χ2v) is 9.08. The van der Waals surface area contributed by atoms with Crippen LogP contribution in [0.15, 0.2) is 66.7 Å². The van der Waals surface area contributed by atoms with E-state index >= 15 is 0 Å². The number of hydrogen-bond acceptors (Lipinski definition) is 6. The van der Waals surface area contributed by atoms with Gasteiger partial charge in [0.2, 0.25) is 6.79 Å². The van der Waals surface area contributed by atoms with Crippen molar-refractivity contribution in [2.75, 3.05) is 26.5 Å². The predicted molar refractivity (Wildman–Crippen MR) is 135 cm³/mol. The quantitative estimate of drug-likeness (QED) is 0.438. The number of ether oxygens (including phenoxy) is 4. The molecule has 188 valence electrons. The minimum atomic E-state index is -0.715. The van der Waals surface area contributed by atoms with E-state index < -0.39 is 5.97 Å². The van der Waals surface area contributed by atoms with Gasteiger partial charge in [-0.3, -0.25) is 9.69 Å². The third-order valence-electron chi connectivity index (χ3n) is 6.78. The van der Waals surface area contributed by atoms with Crippen molar-refractivity contribution in [3.05, 3.63) is 83.4 Å². The van der Waals surface area contributed by atoms with Crippen molar-refractivity contribution in [2.45, 2.75) is 32.4 Å². The summed E-state index contributed by atoms with van der Waals surface area (Å²) in [6.07, 6.45) is 1.24. The van der Waals surface area contributed by atoms with E-state index in [4.69, 9.17) is 18.9 Å². The van der Waals surface area contributed by atoms with Gasteiger partial charge in [0.05, 0.1) is 18.6 Å². The molecule has 2 aliphatic heterocycles. The second kappa shape index (κ2) is 10.9. The molecule has 0 amide bonds. The lowest BCUT2D eigenvalue weighted by molar-refractivity contribution is -0.143. The van der Waals surface area contributed by atoms with Crippen LogP contribution in [0.2, 0.25) is 0 Å². The number of carboxylic acid groups (broad SMARTS) is 1. The Hall–Kier alpha value is -3.71. The summed E-state index contributed by atoms with van der Waals surface area (Å²) in [5.74, 6) is 1.84. The van der Waals surface area contributed by atoms with Crippen LogP contribution >= 0.6 is 0 Å². The molecule has 0 aromatic heterocycles. The van der Waals surface area contributed by atoms with E-state index in [1.807, 2.05) is 61.5 Å². The summed E-state index contributed by atoms with van der Waals surface area (Å²) < 4.78 is 23.3. The number of benzene rings is 3. The first-order valence-electron chi connectivity index (χ1n) is 12.4. The highest BCUT2D eigenvalue weighted by molar-refractivity contribution is 5.70. The molecule has 36 heavy (non-hydrogen) atoms. The topological polar surface area (TPSA) is 77.5 Å². The number of likely N-dealkylation sites (tertiary alicyclic amines) is 1. The van der Waals surface area contributed by atoms with Crippen LogP contribution in [0, 0.1) is 5.92 Å². The molecule has 1 saturated heterocycles. The van der Waals surface area contributed by atoms with E-state index in [1.165, 1.54) is 0 Å². The largest absolute Gasteiger partial charge is 0.490 e. The maximum Gasteiger partial charge on any atom is 0.306 e. The highest BCUT2D eigenvalue weighted by Gasteiger charge is 2.31. The van der Waals surface area contributed by atoms with Gasteiger partial charge in [-0.1, -0.05) is 42.5 Å². The van der Waals surface area contributed by atoms with Crippen molar-refractivity contribution in [1.82, 2.24) is 4.90 Å². The van der Waals surface area contributed by atoms with Crippen LogP contribution < -0.4 is 18.9 Å². The van der Waals surface area contributed by atoms with Crippen molar-refractivity contribution in [3.63, 3.8) is 0 Å². The first-order chi connectivity index (χ1) is 17.6. The normalized spacial score (nSPS) is 16.5. The number of nitrogens with zero attached hydrogens (tertiary/aromatic N) is 1. The predicted octanol–water partition coefficient (Wildman–Crippen LogP) is 5.28. The molecule has 7 nitrogen and oxygen atoms in total. The van der Waals surface area contributed by atoms with E-state index in [0.717, 1.165) is 28.2 Å². The van der Waals surface area contributed by atoms with Crippen LogP contribution in [0.25, 0.3) is 0 Å². The number of rotatable bonds is 9. The lowest BCUT2D eigenvalue weighted by Gasteiger charge is -2.37. The Morgan fingerprint density at radius 3 is 2.42 bits per heavy atom. The number of fused-ring (bicyclic) bond motifs is 1. The number of carbonyl (C=O) groups is 1. The smallest absolute Gasteiger partial charge is 0.306 e. The van der Waals surface area contributed by atoms with Gasteiger partial charge in [0, 0.05) is 0 Å². The van der Waals surface area contributed by atoms with Gasteiger partial charge in [-0.25, -0.2) is 0 Å². The average Bonchev–Trinajstić information content (AvgIpc) is 3.38. The van der Waals surface area contributed by atoms with Gasteiger partial charge in [-0.2, -0.15) is 0 Å². The van der Waals surface area contributed by atoms with Crippen LogP contribution in [0.3, 0.4) is 0 Å². The molecule has 0 bridgehead atoms. The van der Waals surface area contributed by atoms with E-state index in [9.17, 15) is 9.90 Å². The standard InChI is InChI=1S/C29H31NO6/c1-2-33-26-16-22(8-10-24(26)34-18-20-6-4-3-5-7-20)28(30-14-12-21(13-15-30)29(31)32)23-9-11-25-27(17-23)36-19-35-25/h3-11,16-17,21,28H,2,12-15,18-19H2,1H3,(H,31,32). The highest BCUT2D eigenvalue weighted by Crippen LogP contribution is 2.41. The Labute approximate surface area is 211 Å². The van der Waals surface area contributed by atoms with E-state index in [2.05, 4.69) is 17.0 Å². The number of piperidine rings is 1. The third-order valence-corrected chi connectivity index (χ3v) is 6.78. The lowest BCUT2D eigenvalue weighted by atomic mass is 9.91. The van der Waals surface area contributed by atoms with Crippen molar-refractivity contribution >= 4 is 5.97 Å². The molecule has 1 unspecified atom stereocenters. The maximum absolute atomic E-state index is 11.5. The van der Waals surface area contributed by atoms with Crippen molar-refractivity contribution in [3.8, 4) is 23.0 Å². The molecule has 0 spiro atoms. The van der Waals surface area contributed by atoms with E-state index in [-0.39, 0.29) is 18.8 Å². The Morgan fingerprint density at radius 1 is 0.944 bits per heavy atom. The van der Waals surface area contributed by atoms with Gasteiger partial charge in [0.1, 0.15) is 6.61 Å². The van der Waals surface area contributed by atoms with Crippen LogP contribution in [0.4, 0.5) is 0 Å². The van der Waals surface area contributed by atoms with Crippen LogP contribution in [-0.4, -0.2) is 42.5 Å². The van der Waals surface area contributed by atoms with Gasteiger partial charge in [0.15, 0.2) is 23.0 Å². The molecular weight excluding hydrogens is 458 g/mol. The molecule has 3 aromatic carbocycles. The Kier molecular flexibility index (Phi) is 7.28. The Bertz CT molecular complexity index is 1190. The SMILES string of the molecule is CCOc1cc(C(c2ccc3c(c2)OCO3)N2CCC(C(=O)O)CC2)ccc1OCc1ccccc1. The zero-order chi connectivity index (χ0) is 24.9. The van der Waals surface area contributed by atoms with Gasteiger partial charge in [-0.15, -0.1) is 0 Å². The van der Waals surface area contributed by atoms with E-state index in [1.54, 1.807) is 0 Å². The Morgan fingerprint density at radius 2 is 1.67 bits per heavy atom. The van der Waals surface area contributed by atoms with E-state index in [0.29, 0.717) is 50.6 Å². The molecule has 1 fully saturated rings. The van der Waals surface area contributed by atoms with Gasteiger partial charge >= 0.3 is 5.97 Å². The fourth-order valence-electron chi connectivity index (χ4n) is 4.92. The molecule has 0 aliphatic carbocycles. The molecular formula is C29H31NO6. The van der Waals surface area contributed by atoms with Gasteiger partial charge < -0.3 is 24.1 Å². The monoisotopic (exact) mass is 489 g/mol. The third kappa shape index (κ3) is 5.26. The zero-order valence-corrected chi connectivity index (χ0v) is 20.4. The average molecular weight is 490 g/mol. The summed E-state index contributed by atoms with van der Waals surface area (Å²) >= 11 is 0. The number of hydrogen-bond donors (Lipinski definition) is 1. The van der Waals surface area contributed by atoms with Crippen LogP contribution in [0.5, 0.6) is 23.0 Å². The summed E-state index contributed by atoms with van der Waals surface area (Å²) in [5.41, 5.74) is 3.20. The van der Waals surface area contributed by atoms with Crippen molar-refractivity contribution < 1.29 is 28.8 Å². The minimum absolute atomic E-state index is 0.0865. The van der Waals surface area contributed by atoms with Crippen molar-refractivity contribution in [2.24, 2.45) is 5.92 Å². The fraction of sp³-hybridized carbons (Fsp3) is 0.345. The highest BCUT2D eigenvalue weighted by atomic mass is 16.7. The van der Waals surface area contributed by atoms with Crippen LogP contribution in [-0.2, 0) is 11.4 Å². The molecule has 1 atom stereocenters.